The van der Waals surface area contributed by atoms with Gasteiger partial charge in [-0.3, -0.25) is 4.68 Å². The van der Waals surface area contributed by atoms with E-state index in [0.717, 1.165) is 37.0 Å². The Balaban J connectivity index is 2.02. The first-order chi connectivity index (χ1) is 10.4. The molecule has 8 heteroatoms. The van der Waals surface area contributed by atoms with Gasteiger partial charge in [-0.15, -0.1) is 0 Å². The van der Waals surface area contributed by atoms with Crippen LogP contribution in [0.25, 0.3) is 0 Å². The van der Waals surface area contributed by atoms with Gasteiger partial charge in [0, 0.05) is 12.1 Å². The summed E-state index contributed by atoms with van der Waals surface area (Å²) < 4.78 is 41.1. The molecule has 0 unspecified atom stereocenters. The minimum atomic E-state index is -4.49. The summed E-state index contributed by atoms with van der Waals surface area (Å²) in [6.45, 7) is 0.0754. The van der Waals surface area contributed by atoms with Crippen LogP contribution in [-0.2, 0) is 19.1 Å². The van der Waals surface area contributed by atoms with E-state index in [1.54, 1.807) is 0 Å². The van der Waals surface area contributed by atoms with Crippen molar-refractivity contribution in [1.29, 1.82) is 0 Å². The summed E-state index contributed by atoms with van der Waals surface area (Å²) in [6.07, 6.45) is -0.870. The molecule has 22 heavy (non-hydrogen) atoms. The van der Waals surface area contributed by atoms with Crippen LogP contribution in [0.4, 0.5) is 18.0 Å². The smallest absolute Gasteiger partial charge is 0.435 e. The maximum Gasteiger partial charge on any atom is 0.435 e. The van der Waals surface area contributed by atoms with Gasteiger partial charge in [-0.25, -0.2) is 4.79 Å². The number of halogens is 3. The predicted octanol–water partition coefficient (Wildman–Crippen LogP) is 3.44. The van der Waals surface area contributed by atoms with E-state index in [9.17, 15) is 18.0 Å². The first kappa shape index (κ1) is 15.2. The molecule has 2 heterocycles. The Morgan fingerprint density at radius 2 is 1.91 bits per heavy atom. The molecule has 1 saturated carbocycles. The molecule has 0 atom stereocenters. The number of alkyl halides is 3. The minimum Gasteiger partial charge on any atom is -0.465 e. The highest BCUT2D eigenvalue weighted by molar-refractivity contribution is 5.65. The zero-order valence-corrected chi connectivity index (χ0v) is 12.1. The number of hydrogen-bond donors (Lipinski definition) is 1. The number of aromatic nitrogens is 2. The largest absolute Gasteiger partial charge is 0.465 e. The van der Waals surface area contributed by atoms with E-state index in [-0.39, 0.29) is 31.1 Å². The van der Waals surface area contributed by atoms with Crippen LogP contribution in [0.1, 0.15) is 55.1 Å². The Kier molecular flexibility index (Phi) is 3.78. The molecule has 1 aromatic rings. The Hall–Kier alpha value is -1.73. The predicted molar refractivity (Wildman–Crippen MR) is 71.5 cm³/mol. The van der Waals surface area contributed by atoms with Gasteiger partial charge in [0.2, 0.25) is 0 Å². The van der Waals surface area contributed by atoms with Crippen LogP contribution in [0.2, 0.25) is 0 Å². The standard InChI is InChI=1S/C14H18F3N3O2/c15-14(16,17)12-10-6-7-19(13(21)22)8-11(10)20(18-12)9-4-2-1-3-5-9/h9H,1-8H2,(H,21,22). The SMILES string of the molecule is O=C(O)N1CCc2c(C(F)(F)F)nn(C3CCCCC3)c2C1. The fourth-order valence-electron chi connectivity index (χ4n) is 3.46. The summed E-state index contributed by atoms with van der Waals surface area (Å²) in [6, 6.07) is -0.0488. The lowest BCUT2D eigenvalue weighted by atomic mass is 9.95. The van der Waals surface area contributed by atoms with Crippen molar-refractivity contribution in [3.63, 3.8) is 0 Å². The minimum absolute atomic E-state index is 0.00968. The molecule has 1 aliphatic heterocycles. The molecule has 122 valence electrons. The Morgan fingerprint density at radius 1 is 1.23 bits per heavy atom. The van der Waals surface area contributed by atoms with Crippen molar-refractivity contribution in [3.8, 4) is 0 Å². The van der Waals surface area contributed by atoms with E-state index in [0.29, 0.717) is 5.69 Å². The molecule has 0 spiro atoms. The number of hydrogen-bond acceptors (Lipinski definition) is 2. The average Bonchev–Trinajstić information content (AvgIpc) is 2.86. The fraction of sp³-hybridized carbons (Fsp3) is 0.714. The Bertz CT molecular complexity index is 577. The van der Waals surface area contributed by atoms with Gasteiger partial charge in [-0.05, 0) is 19.3 Å². The van der Waals surface area contributed by atoms with Crippen molar-refractivity contribution >= 4 is 6.09 Å². The summed E-state index contributed by atoms with van der Waals surface area (Å²) in [4.78, 5) is 12.3. The highest BCUT2D eigenvalue weighted by Gasteiger charge is 2.41. The van der Waals surface area contributed by atoms with Crippen LogP contribution in [0.5, 0.6) is 0 Å². The van der Waals surface area contributed by atoms with Crippen LogP contribution in [0, 0.1) is 0 Å². The number of nitrogens with zero attached hydrogens (tertiary/aromatic N) is 3. The van der Waals surface area contributed by atoms with Crippen molar-refractivity contribution < 1.29 is 23.1 Å². The van der Waals surface area contributed by atoms with Crippen LogP contribution in [0.3, 0.4) is 0 Å². The molecule has 1 amide bonds. The normalized spacial score (nSPS) is 20.0. The summed E-state index contributed by atoms with van der Waals surface area (Å²) in [5.74, 6) is 0. The third kappa shape index (κ3) is 2.66. The number of carboxylic acid groups (broad SMARTS) is 1. The molecule has 0 aromatic carbocycles. The number of fused-ring (bicyclic) bond motifs is 1. The van der Waals surface area contributed by atoms with E-state index < -0.39 is 18.0 Å². The molecule has 0 radical (unpaired) electrons. The molecule has 3 rings (SSSR count). The van der Waals surface area contributed by atoms with Gasteiger partial charge in [0.25, 0.3) is 0 Å². The summed E-state index contributed by atoms with van der Waals surface area (Å²) in [5.41, 5.74) is -0.235. The van der Waals surface area contributed by atoms with Gasteiger partial charge < -0.3 is 10.0 Å². The summed E-state index contributed by atoms with van der Waals surface area (Å²) in [7, 11) is 0. The second-order valence-corrected chi connectivity index (χ2v) is 5.96. The molecule has 5 nitrogen and oxygen atoms in total. The van der Waals surface area contributed by atoms with Crippen molar-refractivity contribution in [2.45, 2.75) is 57.3 Å². The van der Waals surface area contributed by atoms with Crippen molar-refractivity contribution in [1.82, 2.24) is 14.7 Å². The highest BCUT2D eigenvalue weighted by atomic mass is 19.4. The first-order valence-electron chi connectivity index (χ1n) is 7.53. The first-order valence-corrected chi connectivity index (χ1v) is 7.53. The van der Waals surface area contributed by atoms with E-state index in [2.05, 4.69) is 5.10 Å². The van der Waals surface area contributed by atoms with Crippen molar-refractivity contribution in [2.24, 2.45) is 0 Å². The fourth-order valence-corrected chi connectivity index (χ4v) is 3.46. The summed E-state index contributed by atoms with van der Waals surface area (Å²) >= 11 is 0. The monoisotopic (exact) mass is 317 g/mol. The molecule has 1 aliphatic carbocycles. The quantitative estimate of drug-likeness (QED) is 0.863. The van der Waals surface area contributed by atoms with Crippen LogP contribution in [0.15, 0.2) is 0 Å². The van der Waals surface area contributed by atoms with Crippen molar-refractivity contribution in [2.75, 3.05) is 6.54 Å². The van der Waals surface area contributed by atoms with Crippen LogP contribution < -0.4 is 0 Å². The summed E-state index contributed by atoms with van der Waals surface area (Å²) in [5, 5.41) is 13.0. The molecule has 0 bridgehead atoms. The van der Waals surface area contributed by atoms with Crippen LogP contribution in [-0.4, -0.2) is 32.4 Å². The zero-order valence-electron chi connectivity index (χ0n) is 12.1. The van der Waals surface area contributed by atoms with Gasteiger partial charge in [0.1, 0.15) is 0 Å². The second-order valence-electron chi connectivity index (χ2n) is 5.96. The molecule has 0 saturated heterocycles. The molecule has 1 aromatic heterocycles. The van der Waals surface area contributed by atoms with E-state index in [1.165, 1.54) is 4.68 Å². The van der Waals surface area contributed by atoms with Gasteiger partial charge in [0.15, 0.2) is 5.69 Å². The Labute approximate surface area is 125 Å². The van der Waals surface area contributed by atoms with Crippen molar-refractivity contribution in [3.05, 3.63) is 17.0 Å². The molecular weight excluding hydrogens is 299 g/mol. The molecule has 1 N–H and O–H groups in total. The van der Waals surface area contributed by atoms with Gasteiger partial charge in [-0.1, -0.05) is 19.3 Å². The lowest BCUT2D eigenvalue weighted by Gasteiger charge is -2.29. The Morgan fingerprint density at radius 3 is 2.50 bits per heavy atom. The van der Waals surface area contributed by atoms with E-state index in [4.69, 9.17) is 5.11 Å². The zero-order chi connectivity index (χ0) is 15.9. The third-order valence-corrected chi connectivity index (χ3v) is 4.55. The third-order valence-electron chi connectivity index (χ3n) is 4.55. The van der Waals surface area contributed by atoms with Gasteiger partial charge in [-0.2, -0.15) is 18.3 Å². The topological polar surface area (TPSA) is 58.4 Å². The lowest BCUT2D eigenvalue weighted by Crippen LogP contribution is -2.36. The molecular formula is C14H18F3N3O2. The lowest BCUT2D eigenvalue weighted by molar-refractivity contribution is -0.142. The second kappa shape index (κ2) is 5.48. The van der Waals surface area contributed by atoms with E-state index in [1.807, 2.05) is 0 Å². The maximum atomic E-state index is 13.2. The highest BCUT2D eigenvalue weighted by Crippen LogP contribution is 2.38. The van der Waals surface area contributed by atoms with Gasteiger partial charge >= 0.3 is 12.3 Å². The molecule has 1 fully saturated rings. The van der Waals surface area contributed by atoms with E-state index >= 15 is 0 Å². The maximum absolute atomic E-state index is 13.2. The number of rotatable bonds is 1. The number of amides is 1. The molecule has 2 aliphatic rings. The van der Waals surface area contributed by atoms with Crippen LogP contribution >= 0.6 is 0 Å². The number of carbonyl (C=O) groups is 1. The van der Waals surface area contributed by atoms with Gasteiger partial charge in [0.05, 0.1) is 18.3 Å². The average molecular weight is 317 g/mol.